The van der Waals surface area contributed by atoms with E-state index in [-0.39, 0.29) is 5.54 Å². The van der Waals surface area contributed by atoms with Gasteiger partial charge in [-0.05, 0) is 56.1 Å². The molecule has 104 valence electrons. The van der Waals surface area contributed by atoms with E-state index in [9.17, 15) is 0 Å². The van der Waals surface area contributed by atoms with E-state index in [1.165, 1.54) is 41.0 Å². The Hall–Kier alpha value is -1.19. The van der Waals surface area contributed by atoms with Crippen LogP contribution in [-0.2, 0) is 24.8 Å². The minimum Gasteiger partial charge on any atom is -0.316 e. The van der Waals surface area contributed by atoms with Crippen LogP contribution < -0.4 is 5.73 Å². The van der Waals surface area contributed by atoms with Crippen LogP contribution in [0.5, 0.6) is 0 Å². The molecule has 20 heavy (non-hydrogen) atoms. The second-order valence-corrected chi connectivity index (χ2v) is 7.16. The number of rotatable bonds is 1. The van der Waals surface area contributed by atoms with Gasteiger partial charge in [-0.1, -0.05) is 24.3 Å². The van der Waals surface area contributed by atoms with Gasteiger partial charge < -0.3 is 5.73 Å². The minimum atomic E-state index is -0.350. The van der Waals surface area contributed by atoms with Crippen molar-refractivity contribution in [3.8, 4) is 0 Å². The molecule has 1 unspecified atom stereocenters. The van der Waals surface area contributed by atoms with Crippen LogP contribution in [-0.4, -0.2) is 4.98 Å². The van der Waals surface area contributed by atoms with Crippen LogP contribution in [0.1, 0.15) is 52.4 Å². The summed E-state index contributed by atoms with van der Waals surface area (Å²) in [7, 11) is 0. The lowest BCUT2D eigenvalue weighted by molar-refractivity contribution is 0.439. The number of nitrogens with two attached hydrogens (primary N) is 1. The summed E-state index contributed by atoms with van der Waals surface area (Å²) in [5.74, 6) is 0. The lowest BCUT2D eigenvalue weighted by atomic mass is 9.77. The molecular formula is C17H20N2S. The number of aryl methyl sites for hydroxylation is 3. The van der Waals surface area contributed by atoms with E-state index in [2.05, 4.69) is 24.3 Å². The van der Waals surface area contributed by atoms with Crippen molar-refractivity contribution in [1.29, 1.82) is 0 Å². The second kappa shape index (κ2) is 4.68. The Balaban J connectivity index is 1.83. The number of thiazole rings is 1. The lowest BCUT2D eigenvalue weighted by Gasteiger charge is -2.34. The quantitative estimate of drug-likeness (QED) is 0.869. The maximum absolute atomic E-state index is 6.85. The molecule has 2 aliphatic carbocycles. The standard InChI is InChI=1S/C17H20N2S/c18-17(11-5-7-12-6-1-2-8-13(12)17)16-19-14-9-3-4-10-15(14)20-16/h1-2,6,8H,3-5,7,9-11,18H2. The van der Waals surface area contributed by atoms with Gasteiger partial charge in [-0.2, -0.15) is 0 Å². The fourth-order valence-corrected chi connectivity index (χ4v) is 4.93. The molecule has 0 fully saturated rings. The normalized spacial score (nSPS) is 25.1. The average Bonchev–Trinajstić information content (AvgIpc) is 2.92. The van der Waals surface area contributed by atoms with Gasteiger partial charge in [0.15, 0.2) is 0 Å². The van der Waals surface area contributed by atoms with Gasteiger partial charge in [0.05, 0.1) is 11.2 Å². The largest absolute Gasteiger partial charge is 0.316 e. The van der Waals surface area contributed by atoms with Crippen LogP contribution >= 0.6 is 11.3 Å². The molecule has 2 N–H and O–H groups in total. The maximum atomic E-state index is 6.85. The Morgan fingerprint density at radius 2 is 1.90 bits per heavy atom. The van der Waals surface area contributed by atoms with Gasteiger partial charge in [0.2, 0.25) is 0 Å². The lowest BCUT2D eigenvalue weighted by Crippen LogP contribution is -2.41. The molecule has 2 nitrogen and oxygen atoms in total. The number of hydrogen-bond acceptors (Lipinski definition) is 3. The molecule has 3 heteroatoms. The zero-order valence-corrected chi connectivity index (χ0v) is 12.5. The van der Waals surface area contributed by atoms with E-state index in [4.69, 9.17) is 10.7 Å². The molecule has 0 saturated carbocycles. The zero-order chi connectivity index (χ0) is 13.6. The summed E-state index contributed by atoms with van der Waals surface area (Å²) in [5, 5.41) is 1.15. The van der Waals surface area contributed by atoms with Gasteiger partial charge in [-0.3, -0.25) is 0 Å². The molecule has 1 aromatic heterocycles. The van der Waals surface area contributed by atoms with Gasteiger partial charge in [-0.25, -0.2) is 4.98 Å². The van der Waals surface area contributed by atoms with Crippen LogP contribution in [0.15, 0.2) is 24.3 Å². The predicted molar refractivity (Wildman–Crippen MR) is 83.1 cm³/mol. The van der Waals surface area contributed by atoms with E-state index in [1.54, 1.807) is 0 Å². The van der Waals surface area contributed by atoms with Crippen LogP contribution in [0.25, 0.3) is 0 Å². The van der Waals surface area contributed by atoms with E-state index in [1.807, 2.05) is 11.3 Å². The average molecular weight is 284 g/mol. The summed E-state index contributed by atoms with van der Waals surface area (Å²) in [6, 6.07) is 8.66. The van der Waals surface area contributed by atoms with E-state index < -0.39 is 0 Å². The van der Waals surface area contributed by atoms with Crippen LogP contribution in [0.3, 0.4) is 0 Å². The number of aromatic nitrogens is 1. The highest BCUT2D eigenvalue weighted by molar-refractivity contribution is 7.12. The summed E-state index contributed by atoms with van der Waals surface area (Å²) in [6.45, 7) is 0. The van der Waals surface area contributed by atoms with E-state index in [0.29, 0.717) is 0 Å². The predicted octanol–water partition coefficient (Wildman–Crippen LogP) is 3.56. The molecule has 0 bridgehead atoms. The highest BCUT2D eigenvalue weighted by atomic mass is 32.1. The molecule has 0 amide bonds. The Morgan fingerprint density at radius 1 is 1.05 bits per heavy atom. The molecule has 0 spiro atoms. The van der Waals surface area contributed by atoms with Crippen molar-refractivity contribution < 1.29 is 0 Å². The third kappa shape index (κ3) is 1.84. The number of fused-ring (bicyclic) bond motifs is 2. The Kier molecular flexibility index (Phi) is 2.93. The Bertz CT molecular complexity index is 623. The van der Waals surface area contributed by atoms with Crippen LogP contribution in [0.4, 0.5) is 0 Å². The van der Waals surface area contributed by atoms with Crippen molar-refractivity contribution in [2.45, 2.75) is 50.5 Å². The van der Waals surface area contributed by atoms with Crippen molar-refractivity contribution >= 4 is 11.3 Å². The first-order valence-electron chi connectivity index (χ1n) is 7.64. The number of hydrogen-bond donors (Lipinski definition) is 1. The first-order chi connectivity index (χ1) is 9.77. The molecule has 0 radical (unpaired) electrons. The first kappa shape index (κ1) is 12.5. The monoisotopic (exact) mass is 284 g/mol. The van der Waals surface area contributed by atoms with Gasteiger partial charge in [0.1, 0.15) is 5.01 Å². The van der Waals surface area contributed by atoms with Gasteiger partial charge in [0.25, 0.3) is 0 Å². The van der Waals surface area contributed by atoms with Gasteiger partial charge >= 0.3 is 0 Å². The molecule has 2 aliphatic rings. The molecular weight excluding hydrogens is 264 g/mol. The van der Waals surface area contributed by atoms with E-state index in [0.717, 1.165) is 30.7 Å². The SMILES string of the molecule is NC1(c2nc3c(s2)CCCC3)CCCc2ccccc21. The molecule has 2 aromatic rings. The van der Waals surface area contributed by atoms with Crippen LogP contribution in [0.2, 0.25) is 0 Å². The van der Waals surface area contributed by atoms with Crippen molar-refractivity contribution in [3.63, 3.8) is 0 Å². The number of nitrogens with zero attached hydrogens (tertiary/aromatic N) is 1. The highest BCUT2D eigenvalue weighted by Gasteiger charge is 2.37. The fraction of sp³-hybridized carbons (Fsp3) is 0.471. The summed E-state index contributed by atoms with van der Waals surface area (Å²) in [5.41, 5.74) is 10.5. The molecule has 1 atom stereocenters. The van der Waals surface area contributed by atoms with Crippen molar-refractivity contribution in [2.75, 3.05) is 0 Å². The van der Waals surface area contributed by atoms with E-state index >= 15 is 0 Å². The Morgan fingerprint density at radius 3 is 2.80 bits per heavy atom. The summed E-state index contributed by atoms with van der Waals surface area (Å²) in [4.78, 5) is 6.42. The van der Waals surface area contributed by atoms with Crippen molar-refractivity contribution in [1.82, 2.24) is 4.98 Å². The van der Waals surface area contributed by atoms with Crippen molar-refractivity contribution in [2.24, 2.45) is 5.73 Å². The number of benzene rings is 1. The summed E-state index contributed by atoms with van der Waals surface area (Å²) >= 11 is 1.87. The maximum Gasteiger partial charge on any atom is 0.118 e. The molecule has 1 aromatic carbocycles. The van der Waals surface area contributed by atoms with Crippen molar-refractivity contribution in [3.05, 3.63) is 51.0 Å². The van der Waals surface area contributed by atoms with Crippen LogP contribution in [0, 0.1) is 0 Å². The third-order valence-corrected chi connectivity index (χ3v) is 6.08. The summed E-state index contributed by atoms with van der Waals surface area (Å²) in [6.07, 6.45) is 8.27. The topological polar surface area (TPSA) is 38.9 Å². The zero-order valence-electron chi connectivity index (χ0n) is 11.7. The Labute approximate surface area is 124 Å². The minimum absolute atomic E-state index is 0.350. The fourth-order valence-electron chi connectivity index (χ4n) is 3.63. The molecule has 0 aliphatic heterocycles. The first-order valence-corrected chi connectivity index (χ1v) is 8.45. The van der Waals surface area contributed by atoms with Gasteiger partial charge in [-0.15, -0.1) is 11.3 Å². The smallest absolute Gasteiger partial charge is 0.118 e. The summed E-state index contributed by atoms with van der Waals surface area (Å²) < 4.78 is 0. The third-order valence-electron chi connectivity index (χ3n) is 4.74. The van der Waals surface area contributed by atoms with Gasteiger partial charge in [0, 0.05) is 4.88 Å². The molecule has 4 rings (SSSR count). The second-order valence-electron chi connectivity index (χ2n) is 6.08. The molecule has 1 heterocycles. The molecule has 0 saturated heterocycles. The highest BCUT2D eigenvalue weighted by Crippen LogP contribution is 2.41.